The first-order valence-corrected chi connectivity index (χ1v) is 8.56. The van der Waals surface area contributed by atoms with Gasteiger partial charge < -0.3 is 4.74 Å². The van der Waals surface area contributed by atoms with Gasteiger partial charge in [0.05, 0.1) is 25.0 Å². The van der Waals surface area contributed by atoms with Crippen molar-refractivity contribution >= 4 is 11.0 Å². The first kappa shape index (κ1) is 16.1. The number of H-pyrrole nitrogens is 1. The van der Waals surface area contributed by atoms with Crippen molar-refractivity contribution in [2.75, 3.05) is 6.67 Å². The van der Waals surface area contributed by atoms with E-state index in [1.54, 1.807) is 29.2 Å². The van der Waals surface area contributed by atoms with Gasteiger partial charge in [-0.1, -0.05) is 0 Å². The van der Waals surface area contributed by atoms with Gasteiger partial charge in [0.15, 0.2) is 5.65 Å². The number of halogens is 2. The number of nitrogens with zero attached hydrogens (tertiary/aromatic N) is 4. The third-order valence-electron chi connectivity index (χ3n) is 4.80. The highest BCUT2D eigenvalue weighted by Crippen LogP contribution is 2.39. The van der Waals surface area contributed by atoms with Crippen LogP contribution in [0.15, 0.2) is 42.7 Å². The summed E-state index contributed by atoms with van der Waals surface area (Å²) in [6.45, 7) is 0.0151. The zero-order valence-corrected chi connectivity index (χ0v) is 14.2. The number of aromatic amines is 1. The topological polar surface area (TPSA) is 68.6 Å². The van der Waals surface area contributed by atoms with Gasteiger partial charge in [0.1, 0.15) is 24.3 Å². The zero-order chi connectivity index (χ0) is 18.4. The molecular formula is C19H15F2N5O. The Labute approximate surface area is 152 Å². The molecule has 0 fully saturated rings. The second-order valence-electron chi connectivity index (χ2n) is 6.44. The Morgan fingerprint density at radius 1 is 1.22 bits per heavy atom. The second-order valence-corrected chi connectivity index (χ2v) is 6.44. The number of benzene rings is 1. The van der Waals surface area contributed by atoms with E-state index >= 15 is 0 Å². The van der Waals surface area contributed by atoms with Crippen molar-refractivity contribution < 1.29 is 13.5 Å². The van der Waals surface area contributed by atoms with Gasteiger partial charge in [-0.25, -0.2) is 13.8 Å². The minimum Gasteiger partial charge on any atom is -0.367 e. The van der Waals surface area contributed by atoms with E-state index in [1.807, 2.05) is 6.07 Å². The van der Waals surface area contributed by atoms with Crippen LogP contribution >= 0.6 is 0 Å². The molecule has 6 nitrogen and oxygen atoms in total. The van der Waals surface area contributed by atoms with Gasteiger partial charge in [-0.15, -0.1) is 0 Å². The number of ether oxygens (including phenoxy) is 1. The van der Waals surface area contributed by atoms with Gasteiger partial charge in [0.25, 0.3) is 0 Å². The molecule has 0 aliphatic carbocycles. The molecule has 3 aromatic heterocycles. The van der Waals surface area contributed by atoms with Crippen molar-refractivity contribution in [2.45, 2.75) is 19.3 Å². The summed E-state index contributed by atoms with van der Waals surface area (Å²) in [5.74, 6) is -0.314. The predicted molar refractivity (Wildman–Crippen MR) is 95.1 cm³/mol. The van der Waals surface area contributed by atoms with Gasteiger partial charge in [-0.05, 0) is 35.9 Å². The van der Waals surface area contributed by atoms with Crippen LogP contribution in [0.5, 0.6) is 0 Å². The van der Waals surface area contributed by atoms with Crippen LogP contribution in [0.2, 0.25) is 0 Å². The van der Waals surface area contributed by atoms with Gasteiger partial charge in [0.2, 0.25) is 0 Å². The van der Waals surface area contributed by atoms with Crippen molar-refractivity contribution in [1.29, 1.82) is 0 Å². The monoisotopic (exact) mass is 367 g/mol. The summed E-state index contributed by atoms with van der Waals surface area (Å²) in [7, 11) is 0. The second kappa shape index (κ2) is 6.24. The smallest absolute Gasteiger partial charge is 0.155 e. The van der Waals surface area contributed by atoms with E-state index in [4.69, 9.17) is 9.84 Å². The average Bonchev–Trinajstić information content (AvgIpc) is 3.32. The summed E-state index contributed by atoms with van der Waals surface area (Å²) in [5.41, 5.74) is 4.76. The lowest BCUT2D eigenvalue weighted by atomic mass is 9.97. The first-order valence-electron chi connectivity index (χ1n) is 8.56. The largest absolute Gasteiger partial charge is 0.367 e. The molecule has 5 rings (SSSR count). The molecule has 4 aromatic rings. The van der Waals surface area contributed by atoms with Crippen molar-refractivity contribution in [3.63, 3.8) is 0 Å². The SMILES string of the molecule is FCC1Cn2nc(-c3ccc(F)cc3)c(-c3ccnc4[nH]ncc34)c2CO1. The van der Waals surface area contributed by atoms with Gasteiger partial charge in [-0.3, -0.25) is 9.78 Å². The summed E-state index contributed by atoms with van der Waals surface area (Å²) in [5, 5.41) is 12.5. The maximum Gasteiger partial charge on any atom is 0.155 e. The van der Waals surface area contributed by atoms with Crippen LogP contribution < -0.4 is 0 Å². The lowest BCUT2D eigenvalue weighted by molar-refractivity contribution is -0.0126. The van der Waals surface area contributed by atoms with E-state index in [9.17, 15) is 8.78 Å². The van der Waals surface area contributed by atoms with Crippen LogP contribution in [-0.4, -0.2) is 37.7 Å². The van der Waals surface area contributed by atoms with Crippen molar-refractivity contribution in [3.05, 3.63) is 54.2 Å². The normalized spacial score (nSPS) is 16.6. The molecule has 1 N–H and O–H groups in total. The molecule has 0 spiro atoms. The Balaban J connectivity index is 1.77. The molecule has 1 aromatic carbocycles. The Morgan fingerprint density at radius 2 is 2.07 bits per heavy atom. The van der Waals surface area contributed by atoms with Crippen LogP contribution in [0.1, 0.15) is 5.69 Å². The summed E-state index contributed by atoms with van der Waals surface area (Å²) in [6.07, 6.45) is 2.89. The summed E-state index contributed by atoms with van der Waals surface area (Å²) < 4.78 is 33.9. The fourth-order valence-electron chi connectivity index (χ4n) is 3.49. The van der Waals surface area contributed by atoms with Crippen LogP contribution in [-0.2, 0) is 17.9 Å². The van der Waals surface area contributed by atoms with E-state index in [1.165, 1.54) is 12.1 Å². The quantitative estimate of drug-likeness (QED) is 0.602. The first-order chi connectivity index (χ1) is 13.2. The highest BCUT2D eigenvalue weighted by molar-refractivity contribution is 5.97. The van der Waals surface area contributed by atoms with Crippen LogP contribution in [0.25, 0.3) is 33.4 Å². The lowest BCUT2D eigenvalue weighted by Crippen LogP contribution is -2.29. The van der Waals surface area contributed by atoms with Crippen molar-refractivity contribution in [1.82, 2.24) is 25.0 Å². The maximum atomic E-state index is 13.4. The molecule has 0 saturated carbocycles. The molecule has 1 aliphatic rings. The van der Waals surface area contributed by atoms with E-state index in [0.29, 0.717) is 17.9 Å². The summed E-state index contributed by atoms with van der Waals surface area (Å²) in [4.78, 5) is 4.29. The number of nitrogens with one attached hydrogen (secondary N) is 1. The molecule has 27 heavy (non-hydrogen) atoms. The van der Waals surface area contributed by atoms with Gasteiger partial charge in [-0.2, -0.15) is 10.2 Å². The maximum absolute atomic E-state index is 13.4. The number of alkyl halides is 1. The van der Waals surface area contributed by atoms with E-state index in [2.05, 4.69) is 15.2 Å². The Kier molecular flexibility index (Phi) is 3.71. The predicted octanol–water partition coefficient (Wildman–Crippen LogP) is 3.50. The van der Waals surface area contributed by atoms with Crippen LogP contribution in [0.3, 0.4) is 0 Å². The van der Waals surface area contributed by atoms with E-state index < -0.39 is 12.8 Å². The van der Waals surface area contributed by atoms with Crippen molar-refractivity contribution in [3.8, 4) is 22.4 Å². The molecule has 0 amide bonds. The van der Waals surface area contributed by atoms with Crippen LogP contribution in [0, 0.1) is 5.82 Å². The molecule has 0 saturated heterocycles. The van der Waals surface area contributed by atoms with Gasteiger partial charge in [0, 0.05) is 22.7 Å². The molecule has 1 atom stereocenters. The number of pyridine rings is 1. The molecule has 136 valence electrons. The minimum atomic E-state index is -0.568. The minimum absolute atomic E-state index is 0.250. The Bertz CT molecular complexity index is 1120. The highest BCUT2D eigenvalue weighted by atomic mass is 19.1. The van der Waals surface area contributed by atoms with Crippen molar-refractivity contribution in [2.24, 2.45) is 0 Å². The summed E-state index contributed by atoms with van der Waals surface area (Å²) in [6, 6.07) is 8.07. The molecule has 1 unspecified atom stereocenters. The average molecular weight is 367 g/mol. The molecule has 0 radical (unpaired) electrons. The lowest BCUT2D eigenvalue weighted by Gasteiger charge is -2.22. The van der Waals surface area contributed by atoms with Crippen LogP contribution in [0.4, 0.5) is 8.78 Å². The fourth-order valence-corrected chi connectivity index (χ4v) is 3.49. The standard InChI is InChI=1S/C19H15F2N5O/c20-7-13-9-26-16(10-27-13)17(14-5-6-22-19-15(14)8-23-24-19)18(25-26)11-1-3-12(21)4-2-11/h1-6,8,13H,7,9-10H2,(H,22,23,24). The highest BCUT2D eigenvalue weighted by Gasteiger charge is 2.28. The molecular weight excluding hydrogens is 352 g/mol. The number of aromatic nitrogens is 5. The zero-order valence-electron chi connectivity index (χ0n) is 14.2. The molecule has 8 heteroatoms. The third kappa shape index (κ3) is 2.60. The van der Waals surface area contributed by atoms with Gasteiger partial charge >= 0.3 is 0 Å². The number of rotatable bonds is 3. The molecule has 1 aliphatic heterocycles. The number of hydrogen-bond acceptors (Lipinski definition) is 4. The fraction of sp³-hybridized carbons (Fsp3) is 0.211. The number of hydrogen-bond donors (Lipinski definition) is 1. The van der Waals surface area contributed by atoms with E-state index in [0.717, 1.165) is 27.8 Å². The summed E-state index contributed by atoms with van der Waals surface area (Å²) >= 11 is 0. The molecule has 4 heterocycles. The Hall–Kier alpha value is -3.13. The van der Waals surface area contributed by atoms with E-state index in [-0.39, 0.29) is 12.4 Å². The Morgan fingerprint density at radius 3 is 2.89 bits per heavy atom. The third-order valence-corrected chi connectivity index (χ3v) is 4.80. The number of fused-ring (bicyclic) bond motifs is 2. The molecule has 0 bridgehead atoms.